The average Bonchev–Trinajstić information content (AvgIpc) is 1.41. The number of hydrogen-bond acceptors (Lipinski definition) is 6. The molecule has 0 aliphatic rings. The van der Waals surface area contributed by atoms with Gasteiger partial charge in [0.2, 0.25) is 0 Å². The zero-order chi connectivity index (χ0) is 13.5. The molecule has 12 N–H and O–H groups in total. The summed E-state index contributed by atoms with van der Waals surface area (Å²) in [5.74, 6) is 0. The molecule has 0 aliphatic carbocycles. The summed E-state index contributed by atoms with van der Waals surface area (Å²) in [4.78, 5) is 68.8. The molecule has 0 aromatic heterocycles. The van der Waals surface area contributed by atoms with Crippen LogP contribution in [-0.4, -0.2) is 45.8 Å². The van der Waals surface area contributed by atoms with Gasteiger partial charge in [-0.3, -0.25) is 13.7 Å². The first-order valence-corrected chi connectivity index (χ1v) is 6.89. The maximum absolute atomic E-state index is 8.77. The van der Waals surface area contributed by atoms with Crippen LogP contribution in [-0.2, 0) is 13.7 Å². The third-order valence-corrected chi connectivity index (χ3v) is 0. The average molecular weight is 414 g/mol. The van der Waals surface area contributed by atoms with Crippen molar-refractivity contribution in [2.45, 2.75) is 0 Å². The van der Waals surface area contributed by atoms with Crippen LogP contribution in [0.1, 0.15) is 0 Å². The molecule has 0 aliphatic heterocycles. The van der Waals surface area contributed by atoms with Gasteiger partial charge in [-0.05, 0) is 0 Å². The van der Waals surface area contributed by atoms with E-state index in [1.165, 1.54) is 0 Å². The summed E-state index contributed by atoms with van der Waals surface area (Å²) in [5.41, 5.74) is 0. The Morgan fingerprint density at radius 1 is 0.476 bits per heavy atom. The maximum Gasteiger partial charge on any atom is 1.00 e. The van der Waals surface area contributed by atoms with Crippen molar-refractivity contribution < 1.29 is 163 Å². The normalized spacial score (nSPS) is 8.43. The van der Waals surface area contributed by atoms with Gasteiger partial charge in [0.25, 0.3) is 23.5 Å². The van der Waals surface area contributed by atoms with Crippen LogP contribution in [0.3, 0.4) is 0 Å². The molecule has 0 aromatic carbocycles. The molecule has 120 valence electrons. The van der Waals surface area contributed by atoms with E-state index in [1.54, 1.807) is 0 Å². The Bertz CT molecular complexity index is 210. The van der Waals surface area contributed by atoms with E-state index >= 15 is 0 Å². The van der Waals surface area contributed by atoms with Gasteiger partial charge in [-0.1, -0.05) is 0 Å². The molecule has 15 nitrogen and oxygen atoms in total. The first-order valence-electron chi connectivity index (χ1n) is 2.30. The second-order valence-corrected chi connectivity index (χ2v) is 4.42. The van der Waals surface area contributed by atoms with Gasteiger partial charge in [0.1, 0.15) is 0 Å². The van der Waals surface area contributed by atoms with Crippen molar-refractivity contribution in [3.63, 3.8) is 0 Å². The van der Waals surface area contributed by atoms with E-state index in [9.17, 15) is 0 Å². The minimum absolute atomic E-state index is 0. The summed E-state index contributed by atoms with van der Waals surface area (Å²) in [6.45, 7) is 0. The molecule has 0 amide bonds. The summed E-state index contributed by atoms with van der Waals surface area (Å²) >= 11 is 0. The Labute approximate surface area is 184 Å². The van der Waals surface area contributed by atoms with Crippen LogP contribution in [0.15, 0.2) is 0 Å². The fourth-order valence-corrected chi connectivity index (χ4v) is 0. The number of phosphoric acid groups is 3. The van der Waals surface area contributed by atoms with Gasteiger partial charge < -0.3 is 60.5 Å². The molecule has 0 rings (SSSR count). The Kier molecular flexibility index (Phi) is 68.3. The van der Waals surface area contributed by atoms with Crippen molar-refractivity contribution in [1.82, 2.24) is 0 Å². The monoisotopic (exact) mass is 414 g/mol. The Morgan fingerprint density at radius 3 is 0.476 bits per heavy atom. The predicted octanol–water partition coefficient (Wildman–Crippen LogP) is -16.1. The molecule has 0 heterocycles. The fourth-order valence-electron chi connectivity index (χ4n) is 0. The quantitative estimate of drug-likeness (QED) is 0.159. The van der Waals surface area contributed by atoms with Gasteiger partial charge in [0.15, 0.2) is 0 Å². The van der Waals surface area contributed by atoms with Gasteiger partial charge in [-0.25, -0.2) is 0 Å². The van der Waals surface area contributed by atoms with Gasteiger partial charge in [0, 0.05) is 0 Å². The molecule has 0 atom stereocenters. The molecule has 0 saturated carbocycles. The Balaban J connectivity index is -0.0000000129. The van der Waals surface area contributed by atoms with E-state index in [2.05, 4.69) is 0 Å². The molecule has 0 saturated heterocycles. The standard InChI is InChI=1S/3Na.3H3O4P.3H2O/c;;;3*1-5(2,3)4;;;/h;;;3*(H3,1,2,3,4);3*1H2/q3*+1;;;;;;/p-3. The topological polar surface area (TPSA) is 336 Å². The van der Waals surface area contributed by atoms with Crippen molar-refractivity contribution in [2.75, 3.05) is 0 Å². The smallest absolute Gasteiger partial charge is 0.756 e. The van der Waals surface area contributed by atoms with Crippen LogP contribution in [0.2, 0.25) is 0 Å². The molecule has 0 aromatic rings. The summed E-state index contributed by atoms with van der Waals surface area (Å²) in [6.07, 6.45) is 0. The molecular weight excluding hydrogens is 402 g/mol. The second kappa shape index (κ2) is 25.5. The summed E-state index contributed by atoms with van der Waals surface area (Å²) in [6, 6.07) is 0. The van der Waals surface area contributed by atoms with E-state index < -0.39 is 23.5 Å². The predicted molar refractivity (Wildman–Crippen MR) is 47.0 cm³/mol. The van der Waals surface area contributed by atoms with Crippen LogP contribution in [0.4, 0.5) is 0 Å². The molecule has 0 spiro atoms. The minimum atomic E-state index is -4.89. The summed E-state index contributed by atoms with van der Waals surface area (Å²) in [5, 5.41) is 0. The minimum Gasteiger partial charge on any atom is -0.756 e. The molecule has 21 heavy (non-hydrogen) atoms. The third kappa shape index (κ3) is 1010. The maximum atomic E-state index is 8.77. The first-order chi connectivity index (χ1) is 6.00. The second-order valence-electron chi connectivity index (χ2n) is 1.47. The SMILES string of the molecule is O.O.O.O=P([O-])(O)O.O=P([O-])(O)O.O=P([O-])(O)O.[Na+].[Na+].[Na+]. The largest absolute Gasteiger partial charge is 1.00 e. The summed E-state index contributed by atoms with van der Waals surface area (Å²) in [7, 11) is -14.7. The zero-order valence-electron chi connectivity index (χ0n) is 11.0. The number of rotatable bonds is 0. The van der Waals surface area contributed by atoms with Crippen LogP contribution in [0, 0.1) is 0 Å². The van der Waals surface area contributed by atoms with Crippen molar-refractivity contribution in [2.24, 2.45) is 0 Å². The molecule has 21 heteroatoms. The molecule has 0 unspecified atom stereocenters. The van der Waals surface area contributed by atoms with E-state index in [-0.39, 0.29) is 105 Å². The van der Waals surface area contributed by atoms with Crippen LogP contribution >= 0.6 is 23.5 Å². The van der Waals surface area contributed by atoms with Crippen molar-refractivity contribution in [1.29, 1.82) is 0 Å². The first kappa shape index (κ1) is 56.4. The van der Waals surface area contributed by atoms with Gasteiger partial charge in [0.05, 0.1) is 0 Å². The zero-order valence-corrected chi connectivity index (χ0v) is 19.7. The van der Waals surface area contributed by atoms with Gasteiger partial charge in [-0.15, -0.1) is 0 Å². The van der Waals surface area contributed by atoms with E-state index in [4.69, 9.17) is 57.7 Å². The molecule has 0 radical (unpaired) electrons. The molecule has 0 bridgehead atoms. The van der Waals surface area contributed by atoms with Crippen LogP contribution in [0.25, 0.3) is 0 Å². The van der Waals surface area contributed by atoms with E-state index in [1.807, 2.05) is 0 Å². The van der Waals surface area contributed by atoms with Crippen molar-refractivity contribution in [3.8, 4) is 0 Å². The third-order valence-electron chi connectivity index (χ3n) is 0. The number of hydrogen-bond donors (Lipinski definition) is 6. The van der Waals surface area contributed by atoms with Gasteiger partial charge >= 0.3 is 88.7 Å². The van der Waals surface area contributed by atoms with Crippen molar-refractivity contribution >= 4 is 23.5 Å². The Morgan fingerprint density at radius 2 is 0.476 bits per heavy atom. The van der Waals surface area contributed by atoms with Gasteiger partial charge in [-0.2, -0.15) is 0 Å². The van der Waals surface area contributed by atoms with Crippen LogP contribution in [0.5, 0.6) is 0 Å². The summed E-state index contributed by atoms with van der Waals surface area (Å²) < 4.78 is 26.3. The molecule has 0 fully saturated rings. The Hall–Kier alpha value is 3.21. The van der Waals surface area contributed by atoms with Crippen molar-refractivity contribution in [3.05, 3.63) is 0 Å². The van der Waals surface area contributed by atoms with E-state index in [0.29, 0.717) is 0 Å². The van der Waals surface area contributed by atoms with E-state index in [0.717, 1.165) is 0 Å². The molecular formula is H12Na3O15P3. The van der Waals surface area contributed by atoms with Crippen LogP contribution < -0.4 is 103 Å². The fraction of sp³-hybridized carbons (Fsp3) is 0.